The van der Waals surface area contributed by atoms with E-state index >= 15 is 0 Å². The zero-order valence-corrected chi connectivity index (χ0v) is 79.1. The lowest BCUT2D eigenvalue weighted by atomic mass is 9.88. The third-order valence-corrected chi connectivity index (χ3v) is 26.2. The number of rotatable bonds is 63. The average molecular weight is 1970 g/mol. The number of amides is 4. The molecule has 45 nitrogen and oxygen atoms in total. The van der Waals surface area contributed by atoms with Crippen molar-refractivity contribution in [3.05, 3.63) is 12.2 Å². The summed E-state index contributed by atoms with van der Waals surface area (Å²) in [6.07, 6.45) is -29.9. The van der Waals surface area contributed by atoms with Gasteiger partial charge < -0.3 is 200 Å². The van der Waals surface area contributed by atoms with Crippen LogP contribution in [0.4, 0.5) is 0 Å². The predicted octanol–water partition coefficient (Wildman–Crippen LogP) is -3.69. The Labute approximate surface area is 794 Å². The van der Waals surface area contributed by atoms with E-state index in [0.29, 0.717) is 12.8 Å². The fourth-order valence-corrected chi connectivity index (χ4v) is 18.2. The number of ether oxygens (including phenoxy) is 14. The van der Waals surface area contributed by atoms with Crippen molar-refractivity contribution in [1.82, 2.24) is 21.3 Å². The van der Waals surface area contributed by atoms with Crippen molar-refractivity contribution in [2.24, 2.45) is 0 Å². The quantitative estimate of drug-likeness (QED) is 0.0206. The molecular weight excluding hydrogens is 1800 g/mol. The molecule has 0 bridgehead atoms. The molecule has 0 saturated carbocycles. The summed E-state index contributed by atoms with van der Waals surface area (Å²) < 4.78 is 83.6. The minimum atomic E-state index is -3.06. The number of aliphatic carboxylic acids is 1. The van der Waals surface area contributed by atoms with Gasteiger partial charge in [-0.2, -0.15) is 0 Å². The summed E-state index contributed by atoms with van der Waals surface area (Å²) in [5.74, 6) is -8.13. The van der Waals surface area contributed by atoms with Crippen molar-refractivity contribution in [3.63, 3.8) is 0 Å². The van der Waals surface area contributed by atoms with E-state index in [9.17, 15) is 136 Å². The van der Waals surface area contributed by atoms with Gasteiger partial charge in [0.05, 0.1) is 77.1 Å². The Morgan fingerprint density at radius 3 is 1.21 bits per heavy atom. The molecule has 7 saturated heterocycles. The molecule has 7 aliphatic rings. The van der Waals surface area contributed by atoms with Gasteiger partial charge in [0.25, 0.3) is 5.79 Å². The molecule has 45 heteroatoms. The first-order valence-corrected chi connectivity index (χ1v) is 49.1. The second-order valence-corrected chi connectivity index (χ2v) is 37.1. The molecule has 26 N–H and O–H groups in total. The van der Waals surface area contributed by atoms with E-state index in [1.54, 1.807) is 6.08 Å². The molecule has 0 aromatic carbocycles. The van der Waals surface area contributed by atoms with Gasteiger partial charge in [-0.25, -0.2) is 4.79 Å². The summed E-state index contributed by atoms with van der Waals surface area (Å²) in [7, 11) is 0. The summed E-state index contributed by atoms with van der Waals surface area (Å²) in [6.45, 7) is -0.781. The highest BCUT2D eigenvalue weighted by Crippen LogP contribution is 2.40. The molecule has 0 aromatic heterocycles. The summed E-state index contributed by atoms with van der Waals surface area (Å²) >= 11 is 0. The van der Waals surface area contributed by atoms with Crippen LogP contribution in [0.2, 0.25) is 0 Å². The van der Waals surface area contributed by atoms with Crippen LogP contribution >= 0.6 is 0 Å². The molecule has 0 aliphatic carbocycles. The lowest BCUT2D eigenvalue weighted by Crippen LogP contribution is -2.70. The van der Waals surface area contributed by atoms with Gasteiger partial charge in [0.1, 0.15) is 165 Å². The van der Waals surface area contributed by atoms with Crippen LogP contribution in [-0.4, -0.2) is 427 Å². The molecule has 0 radical (unpaired) electrons. The third kappa shape index (κ3) is 35.6. The highest BCUT2D eigenvalue weighted by atomic mass is 16.8. The normalized spacial score (nSPS) is 36.6. The Morgan fingerprint density at radius 1 is 0.390 bits per heavy atom. The van der Waals surface area contributed by atoms with Gasteiger partial charge in [0.2, 0.25) is 23.6 Å². The Kier molecular flexibility index (Phi) is 53.9. The SMILES string of the molecule is CCCCCCCCCCCCC/C=C/[C@@H](O)[C@H](CO[C@@H]1OC(CO)[C@@H](O[C@@H]2OC(CO[C@@H]3OC(CO)[C@@H](O[C@@H]4OC(CO)[C@H](O)[C@H](O)C4O)[C@H](O)C3NC(C)=O)[C@H](O)[C@H](O[C@@H]3OC(CO)[C@@H](O[C@@H]4OC(CO[C@]5(C(=O)O)CC(O)[C@@H](NC(C)=O)C([C@H](O)[C@H](O)CO)O5)[C@H](O)[C@H](O)C4O)[C@H](O)C3NC(C)=O)C2O)[C@H](O)C1O)NC(=O)CCCCCCCCCCCCCCCCCCCCC. The second kappa shape index (κ2) is 61.7. The van der Waals surface area contributed by atoms with E-state index in [2.05, 4.69) is 35.1 Å². The number of unbranched alkanes of at least 4 members (excludes halogenated alkanes) is 29. The fraction of sp³-hybridized carbons (Fsp3) is 0.923. The standard InChI is InChI=1S/C91H162N4O41/c1-6-8-10-12-14-16-18-20-21-22-23-24-25-27-29-31-33-35-37-39-62(107)95-52(53(104)38-36-34-32-30-28-26-19-17-15-13-11-9-7-2)46-123-86-77(119)74(116)81(59(45-100)129-86)134-89-78(120)83(69(111)60(130-89)47-124-84-64(93-50(4)102)70(112)79(57(43-98)127-84)132-87-75(117)72(114)67(109)56(42-97)126-87)135-85-65(94-51(5)103)71(113)80(58(44-99)128-85)133-88-76(118)73(115)68(110)61(131-88)48-125-91(90(121)122)40-54(105)63(92-49(3)101)82(136-91)66(108)55(106)41-96/h36,38,52-61,63-89,96-100,104-106,108-120H,6-35,37,39-48H2,1-5H3,(H,92,101)(H,93,102)(H,94,103)(H,95,107)(H,121,122)/b38-36+/t52-,53+,54?,55+,56?,57?,58?,59?,60?,61?,63+,64?,65?,66+,67-,68-,69-,70+,71+,72-,73-,74+,75?,76?,77?,78?,79+,80+,81+,82?,83-,84+,85-,86+,87-,88-,89-,91+/m0/s1. The number of aliphatic hydroxyl groups is 21. The largest absolute Gasteiger partial charge is 0.477 e. The van der Waals surface area contributed by atoms with Crippen LogP contribution in [-0.2, 0) is 90.3 Å². The van der Waals surface area contributed by atoms with Crippen LogP contribution in [0, 0.1) is 0 Å². The van der Waals surface area contributed by atoms with Gasteiger partial charge in [0.15, 0.2) is 37.7 Å². The van der Waals surface area contributed by atoms with Gasteiger partial charge in [-0.15, -0.1) is 0 Å². The predicted molar refractivity (Wildman–Crippen MR) is 474 cm³/mol. The van der Waals surface area contributed by atoms with E-state index in [-0.39, 0.29) is 6.42 Å². The molecule has 7 aliphatic heterocycles. The van der Waals surface area contributed by atoms with Crippen molar-refractivity contribution in [1.29, 1.82) is 0 Å². The summed E-state index contributed by atoms with van der Waals surface area (Å²) in [5, 5.41) is 257. The van der Waals surface area contributed by atoms with Crippen LogP contribution in [0.3, 0.4) is 0 Å². The zero-order valence-electron chi connectivity index (χ0n) is 79.1. The maximum atomic E-state index is 13.8. The van der Waals surface area contributed by atoms with E-state index in [0.717, 1.165) is 85.0 Å². The zero-order chi connectivity index (χ0) is 99.9. The van der Waals surface area contributed by atoms with E-state index in [1.807, 2.05) is 0 Å². The highest BCUT2D eigenvalue weighted by Gasteiger charge is 2.61. The Hall–Kier alpha value is -4.31. The molecule has 0 aromatic rings. The Morgan fingerprint density at radius 2 is 0.765 bits per heavy atom. The van der Waals surface area contributed by atoms with Gasteiger partial charge in [-0.05, 0) is 19.3 Å². The molecule has 4 amide bonds. The first-order valence-electron chi connectivity index (χ1n) is 49.1. The minimum absolute atomic E-state index is 0.109. The number of hydrogen-bond acceptors (Lipinski definition) is 40. The van der Waals surface area contributed by atoms with E-state index < -0.39 is 321 Å². The lowest BCUT2D eigenvalue weighted by Gasteiger charge is -2.50. The minimum Gasteiger partial charge on any atom is -0.477 e. The van der Waals surface area contributed by atoms with Crippen LogP contribution in [0.25, 0.3) is 0 Å². The summed E-state index contributed by atoms with van der Waals surface area (Å²) in [6, 6.07) is -6.61. The van der Waals surface area contributed by atoms with Crippen LogP contribution in [0.15, 0.2) is 12.2 Å². The van der Waals surface area contributed by atoms with E-state index in [1.165, 1.54) is 128 Å². The maximum Gasteiger partial charge on any atom is 0.364 e. The summed E-state index contributed by atoms with van der Waals surface area (Å²) in [5.41, 5.74) is 0. The molecule has 7 rings (SSSR count). The fourth-order valence-electron chi connectivity index (χ4n) is 18.2. The molecule has 792 valence electrons. The smallest absolute Gasteiger partial charge is 0.364 e. The topological polar surface area (TPSA) is 708 Å². The number of carbonyl (C=O) groups excluding carboxylic acids is 4. The lowest BCUT2D eigenvalue weighted by molar-refractivity contribution is -0.386. The Balaban J connectivity index is 1.10. The van der Waals surface area contributed by atoms with Gasteiger partial charge in [0, 0.05) is 33.6 Å². The highest BCUT2D eigenvalue weighted by molar-refractivity contribution is 5.77. The Bertz CT molecular complexity index is 3370. The number of allylic oxidation sites excluding steroid dienone is 1. The van der Waals surface area contributed by atoms with Crippen LogP contribution in [0.5, 0.6) is 0 Å². The van der Waals surface area contributed by atoms with Crippen molar-refractivity contribution >= 4 is 29.6 Å². The second-order valence-electron chi connectivity index (χ2n) is 37.1. The van der Waals surface area contributed by atoms with E-state index in [4.69, 9.17) is 66.3 Å². The summed E-state index contributed by atoms with van der Waals surface area (Å²) in [4.78, 5) is 65.3. The number of carboxylic acids is 1. The number of carboxylic acid groups (broad SMARTS) is 1. The van der Waals surface area contributed by atoms with Gasteiger partial charge in [-0.1, -0.05) is 206 Å². The molecule has 0 spiro atoms. The third-order valence-electron chi connectivity index (χ3n) is 26.2. The first kappa shape index (κ1) is 119. The number of hydrogen-bond donors (Lipinski definition) is 26. The molecule has 14 unspecified atom stereocenters. The van der Waals surface area contributed by atoms with Crippen molar-refractivity contribution < 1.29 is 203 Å². The van der Waals surface area contributed by atoms with Crippen molar-refractivity contribution in [2.75, 3.05) is 52.9 Å². The molecule has 7 heterocycles. The molecule has 136 heavy (non-hydrogen) atoms. The molecule has 38 atom stereocenters. The monoisotopic (exact) mass is 1970 g/mol. The molecular formula is C91H162N4O41. The number of aliphatic hydroxyl groups excluding tert-OH is 21. The number of carbonyl (C=O) groups is 5. The van der Waals surface area contributed by atoms with Crippen LogP contribution in [0.1, 0.15) is 247 Å². The van der Waals surface area contributed by atoms with Crippen LogP contribution < -0.4 is 21.3 Å². The first-order chi connectivity index (χ1) is 65.0. The molecule has 7 fully saturated rings. The average Bonchev–Trinajstić information content (AvgIpc) is 0.765. The van der Waals surface area contributed by atoms with Gasteiger partial charge in [-0.3, -0.25) is 19.2 Å². The maximum absolute atomic E-state index is 13.8. The van der Waals surface area contributed by atoms with Crippen molar-refractivity contribution in [2.45, 2.75) is 479 Å². The van der Waals surface area contributed by atoms with Gasteiger partial charge >= 0.3 is 5.97 Å². The number of nitrogens with one attached hydrogen (secondary N) is 4. The van der Waals surface area contributed by atoms with Crippen molar-refractivity contribution in [3.8, 4) is 0 Å².